The van der Waals surface area contributed by atoms with E-state index < -0.39 is 10.0 Å². The van der Waals surface area contributed by atoms with Crippen LogP contribution in [0.25, 0.3) is 0 Å². The number of hydrogen-bond acceptors (Lipinski definition) is 2. The molecule has 0 amide bonds. The van der Waals surface area contributed by atoms with Crippen molar-refractivity contribution in [2.24, 2.45) is 0 Å². The Hall–Kier alpha value is -0.260. The van der Waals surface area contributed by atoms with Gasteiger partial charge >= 0.3 is 0 Å². The fourth-order valence-electron chi connectivity index (χ4n) is 1.27. The van der Waals surface area contributed by atoms with Gasteiger partial charge in [-0.1, -0.05) is 22.9 Å². The number of halogens is 2. The van der Waals surface area contributed by atoms with E-state index in [9.17, 15) is 8.42 Å². The number of rotatable bonds is 5. The van der Waals surface area contributed by atoms with E-state index in [0.717, 1.165) is 16.5 Å². The minimum Gasteiger partial charge on any atom is -0.283 e. The zero-order valence-corrected chi connectivity index (χ0v) is 12.0. The SMILES string of the molecule is CCc1cc(Br)ccc1NS(=O)(=O)CCCl. The standard InChI is InChI=1S/C10H13BrClNO2S/c1-2-8-7-9(11)3-4-10(8)13-16(14,15)6-5-12/h3-4,7,13H,2,5-6H2,1H3. The van der Waals surface area contributed by atoms with E-state index in [1.807, 2.05) is 13.0 Å². The van der Waals surface area contributed by atoms with Crippen LogP contribution in [0.3, 0.4) is 0 Å². The van der Waals surface area contributed by atoms with Gasteiger partial charge in [-0.25, -0.2) is 8.42 Å². The number of nitrogens with one attached hydrogen (secondary N) is 1. The largest absolute Gasteiger partial charge is 0.283 e. The second-order valence-corrected chi connectivity index (χ2v) is 6.40. The van der Waals surface area contributed by atoms with Gasteiger partial charge in [0.25, 0.3) is 0 Å². The summed E-state index contributed by atoms with van der Waals surface area (Å²) >= 11 is 8.77. The van der Waals surface area contributed by atoms with E-state index in [1.54, 1.807) is 12.1 Å². The van der Waals surface area contributed by atoms with Crippen molar-refractivity contribution in [3.63, 3.8) is 0 Å². The molecule has 6 heteroatoms. The van der Waals surface area contributed by atoms with Crippen molar-refractivity contribution < 1.29 is 8.42 Å². The minimum atomic E-state index is -3.33. The predicted molar refractivity (Wildman–Crippen MR) is 71.6 cm³/mol. The number of anilines is 1. The van der Waals surface area contributed by atoms with Gasteiger partial charge in [-0.3, -0.25) is 4.72 Å². The molecule has 0 radical (unpaired) electrons. The smallest absolute Gasteiger partial charge is 0.233 e. The van der Waals surface area contributed by atoms with Crippen molar-refractivity contribution in [1.82, 2.24) is 0 Å². The number of alkyl halides is 1. The molecule has 0 saturated carbocycles. The van der Waals surface area contributed by atoms with Crippen molar-refractivity contribution >= 4 is 43.2 Å². The van der Waals surface area contributed by atoms with Gasteiger partial charge in [0.05, 0.1) is 11.4 Å². The molecule has 0 unspecified atom stereocenters. The van der Waals surface area contributed by atoms with Gasteiger partial charge in [-0.2, -0.15) is 0 Å². The monoisotopic (exact) mass is 325 g/mol. The molecule has 16 heavy (non-hydrogen) atoms. The molecule has 0 heterocycles. The molecule has 3 nitrogen and oxygen atoms in total. The van der Waals surface area contributed by atoms with E-state index in [2.05, 4.69) is 20.7 Å². The van der Waals surface area contributed by atoms with Crippen LogP contribution in [0.15, 0.2) is 22.7 Å². The zero-order chi connectivity index (χ0) is 12.2. The average molecular weight is 327 g/mol. The lowest BCUT2D eigenvalue weighted by molar-refractivity contribution is 0.602. The van der Waals surface area contributed by atoms with Crippen LogP contribution in [0.5, 0.6) is 0 Å². The quantitative estimate of drug-likeness (QED) is 0.846. The fraction of sp³-hybridized carbons (Fsp3) is 0.400. The second kappa shape index (κ2) is 5.89. The van der Waals surface area contributed by atoms with E-state index in [0.29, 0.717) is 5.69 Å². The van der Waals surface area contributed by atoms with Gasteiger partial charge in [0, 0.05) is 10.4 Å². The van der Waals surface area contributed by atoms with Crippen LogP contribution < -0.4 is 4.72 Å². The normalized spacial score (nSPS) is 11.4. The highest BCUT2D eigenvalue weighted by Gasteiger charge is 2.11. The molecule has 0 saturated heterocycles. The molecule has 0 spiro atoms. The Morgan fingerprint density at radius 3 is 2.69 bits per heavy atom. The number of sulfonamides is 1. The van der Waals surface area contributed by atoms with Crippen molar-refractivity contribution in [3.05, 3.63) is 28.2 Å². The van der Waals surface area contributed by atoms with Crippen LogP contribution in [-0.2, 0) is 16.4 Å². The van der Waals surface area contributed by atoms with Crippen molar-refractivity contribution in [2.75, 3.05) is 16.4 Å². The summed E-state index contributed by atoms with van der Waals surface area (Å²) in [4.78, 5) is 0. The highest BCUT2D eigenvalue weighted by molar-refractivity contribution is 9.10. The number of benzene rings is 1. The fourth-order valence-corrected chi connectivity index (χ4v) is 3.13. The summed E-state index contributed by atoms with van der Waals surface area (Å²) < 4.78 is 26.6. The maximum atomic E-state index is 11.5. The Morgan fingerprint density at radius 2 is 2.12 bits per heavy atom. The molecule has 0 aromatic heterocycles. The molecule has 0 bridgehead atoms. The van der Waals surface area contributed by atoms with Gasteiger partial charge in [0.2, 0.25) is 10.0 Å². The first kappa shape index (κ1) is 13.8. The van der Waals surface area contributed by atoms with Crippen LogP contribution in [0, 0.1) is 0 Å². The summed E-state index contributed by atoms with van der Waals surface area (Å²) in [6.45, 7) is 1.97. The number of aryl methyl sites for hydroxylation is 1. The highest BCUT2D eigenvalue weighted by Crippen LogP contribution is 2.22. The third-order valence-corrected chi connectivity index (χ3v) is 4.24. The van der Waals surface area contributed by atoms with Crippen molar-refractivity contribution in [1.29, 1.82) is 0 Å². The van der Waals surface area contributed by atoms with Crippen molar-refractivity contribution in [2.45, 2.75) is 13.3 Å². The van der Waals surface area contributed by atoms with Crippen LogP contribution >= 0.6 is 27.5 Å². The molecule has 1 aromatic carbocycles. The molecule has 0 aliphatic rings. The summed E-state index contributed by atoms with van der Waals surface area (Å²) in [6, 6.07) is 5.45. The van der Waals surface area contributed by atoms with E-state index in [1.165, 1.54) is 0 Å². The first-order valence-corrected chi connectivity index (χ1v) is 7.81. The molecule has 0 fully saturated rings. The summed E-state index contributed by atoms with van der Waals surface area (Å²) in [5.41, 5.74) is 1.57. The summed E-state index contributed by atoms with van der Waals surface area (Å²) in [5.74, 6) is 0.0150. The lowest BCUT2D eigenvalue weighted by Gasteiger charge is -2.11. The average Bonchev–Trinajstić information content (AvgIpc) is 2.20. The molecule has 1 N–H and O–H groups in total. The molecule has 0 atom stereocenters. The molecular weight excluding hydrogens is 314 g/mol. The Bertz CT molecular complexity index is 462. The molecule has 0 aliphatic heterocycles. The van der Waals surface area contributed by atoms with Gasteiger partial charge < -0.3 is 0 Å². The zero-order valence-electron chi connectivity index (χ0n) is 8.83. The number of hydrogen-bond donors (Lipinski definition) is 1. The van der Waals surface area contributed by atoms with Crippen molar-refractivity contribution in [3.8, 4) is 0 Å². The molecule has 1 rings (SSSR count). The van der Waals surface area contributed by atoms with E-state index in [4.69, 9.17) is 11.6 Å². The van der Waals surface area contributed by atoms with E-state index >= 15 is 0 Å². The lowest BCUT2D eigenvalue weighted by Crippen LogP contribution is -2.18. The van der Waals surface area contributed by atoms with Gasteiger partial charge in [-0.05, 0) is 30.2 Å². The highest BCUT2D eigenvalue weighted by atomic mass is 79.9. The van der Waals surface area contributed by atoms with Crippen LogP contribution in [0.2, 0.25) is 0 Å². The lowest BCUT2D eigenvalue weighted by atomic mass is 10.1. The first-order chi connectivity index (χ1) is 7.48. The summed E-state index contributed by atoms with van der Waals surface area (Å²) in [6.07, 6.45) is 0.762. The van der Waals surface area contributed by atoms with Crippen LogP contribution in [0.1, 0.15) is 12.5 Å². The molecule has 90 valence electrons. The minimum absolute atomic E-state index is 0.0756. The molecule has 1 aromatic rings. The third-order valence-electron chi connectivity index (χ3n) is 2.06. The van der Waals surface area contributed by atoms with Gasteiger partial charge in [-0.15, -0.1) is 11.6 Å². The maximum absolute atomic E-state index is 11.5. The topological polar surface area (TPSA) is 46.2 Å². The Morgan fingerprint density at radius 1 is 1.44 bits per heavy atom. The third kappa shape index (κ3) is 3.96. The second-order valence-electron chi connectivity index (χ2n) is 3.26. The summed E-state index contributed by atoms with van der Waals surface area (Å²) in [5, 5.41) is 0. The maximum Gasteiger partial charge on any atom is 0.233 e. The predicted octanol–water partition coefficient (Wildman–Crippen LogP) is 2.99. The Labute approximate surface area is 109 Å². The Kier molecular flexibility index (Phi) is 5.08. The van der Waals surface area contributed by atoms with Gasteiger partial charge in [0.15, 0.2) is 0 Å². The van der Waals surface area contributed by atoms with Gasteiger partial charge in [0.1, 0.15) is 0 Å². The van der Waals surface area contributed by atoms with Crippen LogP contribution in [0.4, 0.5) is 5.69 Å². The summed E-state index contributed by atoms with van der Waals surface area (Å²) in [7, 11) is -3.33. The van der Waals surface area contributed by atoms with E-state index in [-0.39, 0.29) is 11.6 Å². The first-order valence-electron chi connectivity index (χ1n) is 4.83. The Balaban J connectivity index is 2.97. The van der Waals surface area contributed by atoms with Crippen LogP contribution in [-0.4, -0.2) is 20.1 Å². The molecular formula is C10H13BrClNO2S. The molecule has 0 aliphatic carbocycles.